The zero-order chi connectivity index (χ0) is 8.69. The summed E-state index contributed by atoms with van der Waals surface area (Å²) < 4.78 is 0. The van der Waals surface area contributed by atoms with Crippen LogP contribution in [-0.2, 0) is 19.2 Å². The van der Waals surface area contributed by atoms with Crippen LogP contribution in [0, 0.1) is 0 Å². The van der Waals surface area contributed by atoms with Crippen LogP contribution in [0.5, 0.6) is 0 Å². The van der Waals surface area contributed by atoms with Gasteiger partial charge in [-0.1, -0.05) is 0 Å². The molecule has 0 rings (SSSR count). The summed E-state index contributed by atoms with van der Waals surface area (Å²) in [6.07, 6.45) is -0.204. The number of rotatable bonds is 4. The normalized spacial score (nSPS) is 8.00. The van der Waals surface area contributed by atoms with Crippen LogP contribution in [0.3, 0.4) is 0 Å². The summed E-state index contributed by atoms with van der Waals surface area (Å²) in [4.78, 5) is 40.1. The van der Waals surface area contributed by atoms with E-state index in [-0.39, 0.29) is 12.8 Å². The molecule has 0 radical (unpaired) electrons. The van der Waals surface area contributed by atoms with Gasteiger partial charge in [0.25, 0.3) is 0 Å². The average molecular weight is 158 g/mol. The van der Waals surface area contributed by atoms with Gasteiger partial charge < -0.3 is 0 Å². The molecule has 0 fully saturated rings. The van der Waals surface area contributed by atoms with Gasteiger partial charge in [-0.2, -0.15) is 0 Å². The van der Waals surface area contributed by atoms with Crippen molar-refractivity contribution in [3.05, 3.63) is 0 Å². The lowest BCUT2D eigenvalue weighted by molar-refractivity contribution is -0.131. The minimum Gasteiger partial charge on any atom is -0.299 e. The van der Waals surface area contributed by atoms with Crippen LogP contribution in [0.2, 0.25) is 0 Å². The Morgan fingerprint density at radius 1 is 1.00 bits per heavy atom. The van der Waals surface area contributed by atoms with Crippen molar-refractivity contribution in [3.8, 4) is 0 Å². The SMILES string of the molecule is O=CNC(=O)CC(=O)NC=O. The molecule has 6 heteroatoms. The van der Waals surface area contributed by atoms with Crippen molar-refractivity contribution in [3.63, 3.8) is 0 Å². The van der Waals surface area contributed by atoms with Crippen LogP contribution >= 0.6 is 0 Å². The Kier molecular flexibility index (Phi) is 4.30. The number of carbonyl (C=O) groups is 4. The summed E-state index contributed by atoms with van der Waals surface area (Å²) in [6.45, 7) is 0. The summed E-state index contributed by atoms with van der Waals surface area (Å²) in [7, 11) is 0. The predicted octanol–water partition coefficient (Wildman–Crippen LogP) is -2.08. The summed E-state index contributed by atoms with van der Waals surface area (Å²) in [6, 6.07) is 0. The van der Waals surface area contributed by atoms with E-state index in [1.165, 1.54) is 0 Å². The Hall–Kier alpha value is -1.72. The number of hydrogen-bond donors (Lipinski definition) is 2. The maximum absolute atomic E-state index is 10.4. The molecule has 6 nitrogen and oxygen atoms in total. The first-order valence-electron chi connectivity index (χ1n) is 2.66. The largest absolute Gasteiger partial charge is 0.299 e. The van der Waals surface area contributed by atoms with Crippen LogP contribution < -0.4 is 10.6 Å². The molecule has 60 valence electrons. The van der Waals surface area contributed by atoms with Crippen LogP contribution in [0.1, 0.15) is 6.42 Å². The summed E-state index contributed by atoms with van der Waals surface area (Å²) >= 11 is 0. The lowest BCUT2D eigenvalue weighted by Gasteiger charge is -1.94. The predicted molar refractivity (Wildman–Crippen MR) is 33.0 cm³/mol. The molecule has 0 saturated heterocycles. The molecule has 0 heterocycles. The third kappa shape index (κ3) is 4.76. The van der Waals surface area contributed by atoms with Crippen LogP contribution in [0.15, 0.2) is 0 Å². The zero-order valence-electron chi connectivity index (χ0n) is 5.49. The smallest absolute Gasteiger partial charge is 0.235 e. The molecular formula is C5H6N2O4. The summed E-state index contributed by atoms with van der Waals surface area (Å²) in [5, 5.41) is 3.48. The maximum Gasteiger partial charge on any atom is 0.235 e. The van der Waals surface area contributed by atoms with Gasteiger partial charge in [-0.05, 0) is 0 Å². The molecule has 4 amide bonds. The highest BCUT2D eigenvalue weighted by molar-refractivity contribution is 6.02. The molecule has 0 aromatic carbocycles. The molecule has 0 unspecified atom stereocenters. The van der Waals surface area contributed by atoms with E-state index in [0.717, 1.165) is 0 Å². The highest BCUT2D eigenvalue weighted by Gasteiger charge is 2.06. The second-order valence-corrected chi connectivity index (χ2v) is 1.55. The molecule has 0 atom stereocenters. The first-order chi connectivity index (χ1) is 5.20. The van der Waals surface area contributed by atoms with Crippen molar-refractivity contribution >= 4 is 24.6 Å². The van der Waals surface area contributed by atoms with Crippen molar-refractivity contribution in [1.82, 2.24) is 10.6 Å². The van der Waals surface area contributed by atoms with E-state index in [0.29, 0.717) is 0 Å². The molecule has 0 aliphatic rings. The Labute approximate surface area is 61.9 Å². The first kappa shape index (κ1) is 9.28. The third-order valence-corrected chi connectivity index (χ3v) is 0.761. The minimum absolute atomic E-state index is 0.163. The molecule has 11 heavy (non-hydrogen) atoms. The molecule has 0 spiro atoms. The van der Waals surface area contributed by atoms with E-state index in [4.69, 9.17) is 0 Å². The fourth-order valence-electron chi connectivity index (χ4n) is 0.379. The molecule has 0 aromatic heterocycles. The van der Waals surface area contributed by atoms with Crippen molar-refractivity contribution in [1.29, 1.82) is 0 Å². The molecule has 0 bridgehead atoms. The van der Waals surface area contributed by atoms with Gasteiger partial charge in [-0.3, -0.25) is 29.8 Å². The van der Waals surface area contributed by atoms with Gasteiger partial charge in [0.1, 0.15) is 6.42 Å². The van der Waals surface area contributed by atoms with E-state index in [9.17, 15) is 19.2 Å². The van der Waals surface area contributed by atoms with Crippen LogP contribution in [0.4, 0.5) is 0 Å². The van der Waals surface area contributed by atoms with Gasteiger partial charge in [0.15, 0.2) is 0 Å². The number of hydrogen-bond acceptors (Lipinski definition) is 4. The van der Waals surface area contributed by atoms with Crippen molar-refractivity contribution < 1.29 is 19.2 Å². The van der Waals surface area contributed by atoms with Gasteiger partial charge in [-0.25, -0.2) is 0 Å². The molecule has 0 aromatic rings. The molecule has 0 saturated carbocycles. The van der Waals surface area contributed by atoms with E-state index in [2.05, 4.69) is 0 Å². The van der Waals surface area contributed by atoms with E-state index in [1.807, 2.05) is 0 Å². The number of amides is 4. The van der Waals surface area contributed by atoms with Gasteiger partial charge in [0, 0.05) is 0 Å². The Morgan fingerprint density at radius 2 is 1.36 bits per heavy atom. The number of imide groups is 2. The Morgan fingerprint density at radius 3 is 1.64 bits per heavy atom. The van der Waals surface area contributed by atoms with E-state index >= 15 is 0 Å². The van der Waals surface area contributed by atoms with Crippen molar-refractivity contribution in [2.75, 3.05) is 0 Å². The standard InChI is InChI=1S/C5H6N2O4/c8-2-6-4(10)1-5(11)7-3-9/h2-3H,1H2,(H,6,8,10)(H,7,9,11). The molecule has 0 aliphatic carbocycles. The lowest BCUT2D eigenvalue weighted by atomic mass is 10.4. The second kappa shape index (κ2) is 5.10. The van der Waals surface area contributed by atoms with Gasteiger partial charge in [0.2, 0.25) is 24.6 Å². The molecular weight excluding hydrogens is 152 g/mol. The van der Waals surface area contributed by atoms with Gasteiger partial charge in [0.05, 0.1) is 0 Å². The third-order valence-electron chi connectivity index (χ3n) is 0.761. The van der Waals surface area contributed by atoms with Crippen LogP contribution in [-0.4, -0.2) is 24.6 Å². The van der Waals surface area contributed by atoms with Gasteiger partial charge in [-0.15, -0.1) is 0 Å². The Balaban J connectivity index is 3.65. The molecule has 0 aliphatic heterocycles. The highest BCUT2D eigenvalue weighted by atomic mass is 16.2. The topological polar surface area (TPSA) is 92.3 Å². The molecule has 2 N–H and O–H groups in total. The quantitative estimate of drug-likeness (QED) is 0.363. The summed E-state index contributed by atoms with van der Waals surface area (Å²) in [5.74, 6) is -1.50. The summed E-state index contributed by atoms with van der Waals surface area (Å²) in [5.41, 5.74) is 0. The minimum atomic E-state index is -0.751. The van der Waals surface area contributed by atoms with E-state index < -0.39 is 18.2 Å². The second-order valence-electron chi connectivity index (χ2n) is 1.55. The van der Waals surface area contributed by atoms with Crippen molar-refractivity contribution in [2.45, 2.75) is 6.42 Å². The Bertz CT molecular complexity index is 169. The fraction of sp³-hybridized carbons (Fsp3) is 0.200. The van der Waals surface area contributed by atoms with Gasteiger partial charge >= 0.3 is 0 Å². The van der Waals surface area contributed by atoms with Crippen molar-refractivity contribution in [2.24, 2.45) is 0 Å². The monoisotopic (exact) mass is 158 g/mol. The van der Waals surface area contributed by atoms with Crippen LogP contribution in [0.25, 0.3) is 0 Å². The number of carbonyl (C=O) groups excluding carboxylic acids is 4. The zero-order valence-corrected chi connectivity index (χ0v) is 5.49. The van der Waals surface area contributed by atoms with E-state index in [1.54, 1.807) is 10.6 Å². The lowest BCUT2D eigenvalue weighted by Crippen LogP contribution is -2.30. The highest BCUT2D eigenvalue weighted by Crippen LogP contribution is 1.76. The average Bonchev–Trinajstić information content (AvgIpc) is 1.87. The number of nitrogens with one attached hydrogen (secondary N) is 2. The maximum atomic E-state index is 10.4. The first-order valence-corrected chi connectivity index (χ1v) is 2.66. The fourth-order valence-corrected chi connectivity index (χ4v) is 0.379.